The maximum atomic E-state index is 12.2. The van der Waals surface area contributed by atoms with Gasteiger partial charge in [-0.15, -0.1) is 0 Å². The molecule has 7 heteroatoms. The highest BCUT2D eigenvalue weighted by molar-refractivity contribution is 6.13. The van der Waals surface area contributed by atoms with Crippen LogP contribution < -0.4 is 11.1 Å². The molecule has 1 rings (SSSR count). The van der Waals surface area contributed by atoms with Crippen LogP contribution in [0.4, 0.5) is 0 Å². The van der Waals surface area contributed by atoms with Crippen LogP contribution in [0.25, 0.3) is 0 Å². The summed E-state index contributed by atoms with van der Waals surface area (Å²) in [6, 6.07) is 5.26. The SMILES string of the molecule is CC(=O)C(N[C@@H](CC(N)=O)C(=O)O)C(=O)c1ccccc1. The first kappa shape index (κ1) is 16.5. The van der Waals surface area contributed by atoms with E-state index in [1.54, 1.807) is 18.2 Å². The Hall–Kier alpha value is -2.54. The van der Waals surface area contributed by atoms with Gasteiger partial charge in [0.25, 0.3) is 0 Å². The van der Waals surface area contributed by atoms with E-state index in [2.05, 4.69) is 5.32 Å². The molecule has 0 heterocycles. The molecule has 1 aromatic rings. The van der Waals surface area contributed by atoms with Crippen molar-refractivity contribution in [3.63, 3.8) is 0 Å². The summed E-state index contributed by atoms with van der Waals surface area (Å²) in [5, 5.41) is 11.4. The molecule has 0 aliphatic carbocycles. The fourth-order valence-corrected chi connectivity index (χ4v) is 1.77. The van der Waals surface area contributed by atoms with Crippen molar-refractivity contribution in [2.75, 3.05) is 0 Å². The fraction of sp³-hybridized carbons (Fsp3) is 0.286. The van der Waals surface area contributed by atoms with Crippen LogP contribution >= 0.6 is 0 Å². The number of hydrogen-bond donors (Lipinski definition) is 3. The second kappa shape index (κ2) is 7.30. The Balaban J connectivity index is 2.96. The number of nitrogens with one attached hydrogen (secondary N) is 1. The Labute approximate surface area is 121 Å². The van der Waals surface area contributed by atoms with Crippen molar-refractivity contribution in [2.45, 2.75) is 25.4 Å². The summed E-state index contributed by atoms with van der Waals surface area (Å²) in [6.45, 7) is 1.17. The molecule has 1 aromatic carbocycles. The maximum Gasteiger partial charge on any atom is 0.321 e. The molecular formula is C14H16N2O5. The zero-order chi connectivity index (χ0) is 16.0. The monoisotopic (exact) mass is 292 g/mol. The van der Waals surface area contributed by atoms with E-state index in [-0.39, 0.29) is 5.56 Å². The number of primary amides is 1. The number of ketones is 2. The van der Waals surface area contributed by atoms with Crippen molar-refractivity contribution < 1.29 is 24.3 Å². The second-order valence-electron chi connectivity index (χ2n) is 4.50. The van der Waals surface area contributed by atoms with Gasteiger partial charge in [0.2, 0.25) is 5.91 Å². The third-order valence-corrected chi connectivity index (χ3v) is 2.80. The Kier molecular flexibility index (Phi) is 5.74. The van der Waals surface area contributed by atoms with E-state index < -0.39 is 41.9 Å². The highest BCUT2D eigenvalue weighted by Crippen LogP contribution is 2.06. The summed E-state index contributed by atoms with van der Waals surface area (Å²) in [7, 11) is 0. The molecule has 0 bridgehead atoms. The van der Waals surface area contributed by atoms with Crippen molar-refractivity contribution in [3.05, 3.63) is 35.9 Å². The minimum absolute atomic E-state index is 0.272. The van der Waals surface area contributed by atoms with Crippen molar-refractivity contribution in [2.24, 2.45) is 5.73 Å². The lowest BCUT2D eigenvalue weighted by molar-refractivity contribution is -0.141. The van der Waals surface area contributed by atoms with Crippen molar-refractivity contribution in [1.82, 2.24) is 5.32 Å². The smallest absolute Gasteiger partial charge is 0.321 e. The van der Waals surface area contributed by atoms with Gasteiger partial charge in [0, 0.05) is 5.56 Å². The lowest BCUT2D eigenvalue weighted by Crippen LogP contribution is -2.51. The molecule has 1 unspecified atom stereocenters. The summed E-state index contributed by atoms with van der Waals surface area (Å²) >= 11 is 0. The van der Waals surface area contributed by atoms with E-state index >= 15 is 0 Å². The molecule has 21 heavy (non-hydrogen) atoms. The van der Waals surface area contributed by atoms with E-state index in [0.29, 0.717) is 0 Å². The Morgan fingerprint density at radius 1 is 1.19 bits per heavy atom. The summed E-state index contributed by atoms with van der Waals surface area (Å²) in [5.41, 5.74) is 5.23. The molecule has 0 radical (unpaired) electrons. The number of Topliss-reactive ketones (excluding diaryl/α,β-unsaturated/α-hetero) is 2. The third kappa shape index (κ3) is 4.81. The molecule has 0 aliphatic rings. The first-order valence-corrected chi connectivity index (χ1v) is 6.19. The number of carboxylic acids is 1. The molecule has 1 amide bonds. The van der Waals surface area contributed by atoms with Gasteiger partial charge in [-0.1, -0.05) is 30.3 Å². The van der Waals surface area contributed by atoms with Crippen LogP contribution in [0.2, 0.25) is 0 Å². The number of aliphatic carboxylic acids is 1. The Bertz CT molecular complexity index is 556. The topological polar surface area (TPSA) is 127 Å². The largest absolute Gasteiger partial charge is 0.480 e. The number of rotatable bonds is 8. The quantitative estimate of drug-likeness (QED) is 0.448. The van der Waals surface area contributed by atoms with E-state index in [4.69, 9.17) is 10.8 Å². The fourth-order valence-electron chi connectivity index (χ4n) is 1.77. The molecule has 0 aromatic heterocycles. The van der Waals surface area contributed by atoms with Crippen molar-refractivity contribution >= 4 is 23.4 Å². The van der Waals surface area contributed by atoms with Gasteiger partial charge in [-0.3, -0.25) is 24.5 Å². The Morgan fingerprint density at radius 2 is 1.76 bits per heavy atom. The number of nitrogens with two attached hydrogens (primary N) is 1. The van der Waals surface area contributed by atoms with Gasteiger partial charge in [0.1, 0.15) is 12.1 Å². The number of carbonyl (C=O) groups excluding carboxylic acids is 3. The average molecular weight is 292 g/mol. The molecule has 0 aliphatic heterocycles. The molecule has 0 saturated carbocycles. The van der Waals surface area contributed by atoms with E-state index in [1.165, 1.54) is 19.1 Å². The highest BCUT2D eigenvalue weighted by atomic mass is 16.4. The van der Waals surface area contributed by atoms with Crippen LogP contribution in [0.5, 0.6) is 0 Å². The van der Waals surface area contributed by atoms with Crippen LogP contribution in [0, 0.1) is 0 Å². The molecule has 4 N–H and O–H groups in total. The van der Waals surface area contributed by atoms with Crippen molar-refractivity contribution in [1.29, 1.82) is 0 Å². The normalized spacial score (nSPS) is 13.2. The van der Waals surface area contributed by atoms with Gasteiger partial charge in [0.15, 0.2) is 11.6 Å². The van der Waals surface area contributed by atoms with E-state index in [1.807, 2.05) is 0 Å². The average Bonchev–Trinajstić information content (AvgIpc) is 2.42. The van der Waals surface area contributed by atoms with Gasteiger partial charge >= 0.3 is 5.97 Å². The zero-order valence-corrected chi connectivity index (χ0v) is 11.4. The van der Waals surface area contributed by atoms with Crippen LogP contribution in [0.15, 0.2) is 30.3 Å². The lowest BCUT2D eigenvalue weighted by atomic mass is 10.00. The molecule has 0 saturated heterocycles. The zero-order valence-electron chi connectivity index (χ0n) is 11.4. The number of carboxylic acid groups (broad SMARTS) is 1. The molecule has 0 spiro atoms. The molecule has 112 valence electrons. The summed E-state index contributed by atoms with van der Waals surface area (Å²) < 4.78 is 0. The lowest BCUT2D eigenvalue weighted by Gasteiger charge is -2.19. The summed E-state index contributed by atoms with van der Waals surface area (Å²) in [5.74, 6) is -3.30. The van der Waals surface area contributed by atoms with Gasteiger partial charge in [0.05, 0.1) is 6.42 Å². The van der Waals surface area contributed by atoms with Crippen LogP contribution in [-0.4, -0.2) is 40.6 Å². The number of benzene rings is 1. The van der Waals surface area contributed by atoms with Crippen LogP contribution in [0.3, 0.4) is 0 Å². The minimum Gasteiger partial charge on any atom is -0.480 e. The maximum absolute atomic E-state index is 12.2. The molecule has 7 nitrogen and oxygen atoms in total. The first-order chi connectivity index (χ1) is 9.82. The van der Waals surface area contributed by atoms with Gasteiger partial charge in [-0.25, -0.2) is 0 Å². The van der Waals surface area contributed by atoms with Crippen molar-refractivity contribution in [3.8, 4) is 0 Å². The molecule has 0 fully saturated rings. The highest BCUT2D eigenvalue weighted by Gasteiger charge is 2.30. The third-order valence-electron chi connectivity index (χ3n) is 2.80. The van der Waals surface area contributed by atoms with Crippen LogP contribution in [0.1, 0.15) is 23.7 Å². The number of carbonyl (C=O) groups is 4. The van der Waals surface area contributed by atoms with Gasteiger partial charge in [-0.2, -0.15) is 0 Å². The number of hydrogen-bond acceptors (Lipinski definition) is 5. The van der Waals surface area contributed by atoms with E-state index in [0.717, 1.165) is 0 Å². The second-order valence-corrected chi connectivity index (χ2v) is 4.50. The molecule has 2 atom stereocenters. The van der Waals surface area contributed by atoms with Crippen LogP contribution in [-0.2, 0) is 14.4 Å². The Morgan fingerprint density at radius 3 is 2.19 bits per heavy atom. The predicted octanol–water partition coefficient (Wildman–Crippen LogP) is -0.255. The summed E-state index contributed by atoms with van der Waals surface area (Å²) in [6.07, 6.45) is -0.513. The minimum atomic E-state index is -1.40. The van der Waals surface area contributed by atoms with Gasteiger partial charge in [-0.05, 0) is 6.92 Å². The standard InChI is InChI=1S/C14H16N2O5/c1-8(17)12(13(19)9-5-3-2-4-6-9)16-10(14(20)21)7-11(15)18/h2-6,10,12,16H,7H2,1H3,(H2,15,18)(H,20,21)/t10-,12?/m0/s1. The van der Waals surface area contributed by atoms with E-state index in [9.17, 15) is 19.2 Å². The number of amides is 1. The van der Waals surface area contributed by atoms with Gasteiger partial charge < -0.3 is 10.8 Å². The first-order valence-electron chi connectivity index (χ1n) is 6.19. The molecular weight excluding hydrogens is 276 g/mol. The summed E-state index contributed by atoms with van der Waals surface area (Å²) in [4.78, 5) is 45.8. The predicted molar refractivity (Wildman–Crippen MR) is 73.6 cm³/mol.